The van der Waals surface area contributed by atoms with Gasteiger partial charge in [-0.3, -0.25) is 4.79 Å². The molecule has 24 nitrogen and oxygen atoms in total. The number of hydrogen-bond acceptors (Lipinski definition) is 21. The Labute approximate surface area is 693 Å². The number of nitrogens with two attached hydrogens (primary N) is 1. The molecule has 0 aromatic heterocycles. The SMILES string of the molecule is C=C1COCc2ccc(OC)cc21.C=CCOCc1ccc(OC)cc1Br.COc1ccc(CBr)c(Br)c1.COc1ccc2c(c1)C(=O)COC2.COc1ccc2c(c1)C(N)COC2.COc1ccc2c(c1)C(N=[N+]=[N-])COC2.COc1ccc2c(c1)C(NC(=O)OC(C)(C)C)COC2.COc1ccc2c(c1)C(O)COC2.Cl. The van der Waals surface area contributed by atoms with Crippen molar-refractivity contribution < 1.29 is 90.5 Å². The maximum Gasteiger partial charge on any atom is 0.408 e. The lowest BCUT2D eigenvalue weighted by Gasteiger charge is -2.28. The van der Waals surface area contributed by atoms with Crippen molar-refractivity contribution in [3.05, 3.63) is 262 Å². The lowest BCUT2D eigenvalue weighted by atomic mass is 9.99. The molecule has 28 heteroatoms. The van der Waals surface area contributed by atoms with Gasteiger partial charge in [-0.25, -0.2) is 4.79 Å². The van der Waals surface area contributed by atoms with E-state index in [1.807, 2.05) is 160 Å². The number of halogens is 4. The molecule has 0 bridgehead atoms. The van der Waals surface area contributed by atoms with E-state index in [0.29, 0.717) is 91.6 Å². The zero-order valence-electron chi connectivity index (χ0n) is 65.5. The van der Waals surface area contributed by atoms with Crippen molar-refractivity contribution in [2.75, 3.05) is 103 Å². The first-order chi connectivity index (χ1) is 54.0. The Morgan fingerprint density at radius 1 is 0.540 bits per heavy atom. The molecular formula is C85H101Br3ClN5O19. The Morgan fingerprint density at radius 3 is 1.44 bits per heavy atom. The summed E-state index contributed by atoms with van der Waals surface area (Å²) in [6, 6.07) is 45.8. The van der Waals surface area contributed by atoms with Crippen LogP contribution in [-0.4, -0.2) is 126 Å². The zero-order chi connectivity index (χ0) is 81.1. The van der Waals surface area contributed by atoms with Gasteiger partial charge >= 0.3 is 6.09 Å². The predicted molar refractivity (Wildman–Crippen MR) is 446 cm³/mol. The number of Topliss-reactive ketones (excluding diaryl/α,β-unsaturated/α-hetero) is 1. The molecule has 6 aliphatic rings. The number of fused-ring (bicyclic) bond motifs is 6. The number of azide groups is 1. The molecule has 4 atom stereocenters. The van der Waals surface area contributed by atoms with Gasteiger partial charge in [-0.05, 0) is 201 Å². The van der Waals surface area contributed by atoms with E-state index in [1.165, 1.54) is 22.3 Å². The number of benzene rings is 8. The van der Waals surface area contributed by atoms with Gasteiger partial charge in [0.15, 0.2) is 5.78 Å². The number of aliphatic hydroxyl groups excluding tert-OH is 1. The van der Waals surface area contributed by atoms with Crippen molar-refractivity contribution in [1.29, 1.82) is 0 Å². The van der Waals surface area contributed by atoms with Crippen molar-refractivity contribution in [1.82, 2.24) is 5.32 Å². The van der Waals surface area contributed by atoms with Crippen LogP contribution in [0.25, 0.3) is 16.0 Å². The zero-order valence-corrected chi connectivity index (χ0v) is 71.1. The van der Waals surface area contributed by atoms with Crippen LogP contribution in [0.15, 0.2) is 179 Å². The second-order valence-corrected chi connectivity index (χ2v) is 28.5. The Kier molecular flexibility index (Phi) is 39.9. The molecule has 6 heterocycles. The molecule has 0 saturated carbocycles. The number of alkyl carbamates (subject to hydrolysis) is 1. The molecule has 608 valence electrons. The van der Waals surface area contributed by atoms with Gasteiger partial charge in [-0.15, -0.1) is 19.0 Å². The van der Waals surface area contributed by atoms with E-state index in [9.17, 15) is 14.7 Å². The molecule has 8 aromatic rings. The van der Waals surface area contributed by atoms with Crippen molar-refractivity contribution in [3.63, 3.8) is 0 Å². The van der Waals surface area contributed by atoms with Crippen molar-refractivity contribution >= 4 is 77.6 Å². The maximum absolute atomic E-state index is 11.9. The number of rotatable bonds is 15. The average molecular weight is 1770 g/mol. The first-order valence-electron chi connectivity index (χ1n) is 35.6. The summed E-state index contributed by atoms with van der Waals surface area (Å²) >= 11 is 10.3. The molecule has 14 rings (SSSR count). The largest absolute Gasteiger partial charge is 0.497 e. The minimum Gasteiger partial charge on any atom is -0.497 e. The van der Waals surface area contributed by atoms with E-state index in [0.717, 1.165) is 116 Å². The van der Waals surface area contributed by atoms with Crippen molar-refractivity contribution in [2.45, 2.75) is 102 Å². The molecule has 0 radical (unpaired) electrons. The maximum atomic E-state index is 11.9. The van der Waals surface area contributed by atoms with Crippen LogP contribution in [0.5, 0.6) is 46.0 Å². The molecular weight excluding hydrogens is 1670 g/mol. The minimum absolute atomic E-state index is 0. The fourth-order valence-electron chi connectivity index (χ4n) is 11.5. The first kappa shape index (κ1) is 93.1. The highest BCUT2D eigenvalue weighted by Crippen LogP contribution is 2.35. The van der Waals surface area contributed by atoms with Gasteiger partial charge < -0.3 is 91.9 Å². The summed E-state index contributed by atoms with van der Waals surface area (Å²) < 4.78 is 85.3. The third kappa shape index (κ3) is 29.2. The molecule has 4 N–H and O–H groups in total. The van der Waals surface area contributed by atoms with E-state index in [4.69, 9.17) is 87.1 Å². The summed E-state index contributed by atoms with van der Waals surface area (Å²) in [4.78, 5) is 26.1. The summed E-state index contributed by atoms with van der Waals surface area (Å²) in [5.41, 5.74) is 29.6. The standard InChI is InChI=1S/C15H21NO4.C11H13BrO2.C11H12O2.C10H11N3O2.C10H13NO2.C10H12O3.C10H10O3.C8H8Br2O.ClH/c1-15(2,3)20-14(17)16-13-9-19-8-10-5-6-11(18-4)7-12(10)13;1-3-6-14-8-9-4-5-10(13-2)7-11(9)12;1-8-6-13-7-9-3-4-10(12-2)5-11(8)9;1-14-8-3-2-7-5-15-6-10(12-13-11)9(7)4-8;3*1-12-8-3-2-7-5-13-6-10(11)9(7)4-8;1-11-7-3-2-6(5-9)8(10)4-7;/h5-7,13H,8-9H2,1-4H3,(H,16,17);3-5,7H,1,6,8H2,2H3;3-5H,1,6-7H2,2H3;2-4,10H,5-6H2,1H3;2-4,10H,5-6,11H2,1H3;2-4,10-11H,5-6H2,1H3;2-4H,5-6H2,1H3;2-4H,5H2,1H3;1H. The van der Waals surface area contributed by atoms with Crippen LogP contribution in [-0.2, 0) is 89.5 Å². The normalized spacial score (nSPS) is 16.2. The topological polar surface area (TPSA) is 289 Å². The van der Waals surface area contributed by atoms with Gasteiger partial charge in [0.25, 0.3) is 0 Å². The summed E-state index contributed by atoms with van der Waals surface area (Å²) in [7, 11) is 13.1. The van der Waals surface area contributed by atoms with E-state index in [1.54, 1.807) is 69.0 Å². The number of methoxy groups -OCH3 is 8. The first-order valence-corrected chi connectivity index (χ1v) is 38.3. The number of amides is 1. The van der Waals surface area contributed by atoms with E-state index < -0.39 is 17.8 Å². The smallest absolute Gasteiger partial charge is 0.408 e. The second kappa shape index (κ2) is 48.5. The van der Waals surface area contributed by atoms with Crippen LogP contribution < -0.4 is 48.9 Å². The van der Waals surface area contributed by atoms with E-state index in [-0.39, 0.29) is 42.9 Å². The van der Waals surface area contributed by atoms with Crippen LogP contribution in [0.1, 0.15) is 128 Å². The van der Waals surface area contributed by atoms with Crippen LogP contribution >= 0.6 is 60.2 Å². The fourth-order valence-corrected chi connectivity index (χ4v) is 13.4. The highest BCUT2D eigenvalue weighted by atomic mass is 79.9. The highest BCUT2D eigenvalue weighted by Gasteiger charge is 2.27. The number of alkyl halides is 1. The fraction of sp³-hybridized carbons (Fsp3) is 0.365. The number of carbonyl (C=O) groups is 2. The van der Waals surface area contributed by atoms with Crippen LogP contribution in [0, 0.1) is 0 Å². The predicted octanol–water partition coefficient (Wildman–Crippen LogP) is 18.4. The lowest BCUT2D eigenvalue weighted by molar-refractivity contribution is 0.00966. The molecule has 0 fully saturated rings. The van der Waals surface area contributed by atoms with Gasteiger partial charge in [0.05, 0.1) is 161 Å². The van der Waals surface area contributed by atoms with Crippen molar-refractivity contribution in [2.24, 2.45) is 10.8 Å². The Balaban J connectivity index is 0.000000202. The van der Waals surface area contributed by atoms with Gasteiger partial charge in [-0.2, -0.15) is 0 Å². The van der Waals surface area contributed by atoms with Gasteiger partial charge in [0.1, 0.15) is 64.3 Å². The molecule has 4 unspecified atom stereocenters. The van der Waals surface area contributed by atoms with E-state index in [2.05, 4.69) is 76.3 Å². The Hall–Kier alpha value is -8.74. The second-order valence-electron chi connectivity index (χ2n) is 26.3. The molecule has 0 aliphatic carbocycles. The summed E-state index contributed by atoms with van der Waals surface area (Å²) in [5.74, 6) is 6.51. The quantitative estimate of drug-likeness (QED) is 0.0215. The third-order valence-corrected chi connectivity index (χ3v) is 19.5. The molecule has 113 heavy (non-hydrogen) atoms. The number of nitrogens with one attached hydrogen (secondary N) is 1. The molecule has 8 aromatic carbocycles. The molecule has 6 aliphatic heterocycles. The van der Waals surface area contributed by atoms with E-state index >= 15 is 0 Å². The molecule has 1 amide bonds. The van der Waals surface area contributed by atoms with Gasteiger partial charge in [-0.1, -0.05) is 114 Å². The molecule has 0 spiro atoms. The van der Waals surface area contributed by atoms with Gasteiger partial charge in [0, 0.05) is 24.8 Å². The number of ether oxygens (including phenoxy) is 16. The number of aliphatic hydroxyl groups is 1. The van der Waals surface area contributed by atoms with Crippen LogP contribution in [0.4, 0.5) is 4.79 Å². The number of nitrogens with zero attached hydrogens (tertiary/aromatic N) is 3. The van der Waals surface area contributed by atoms with Gasteiger partial charge in [0.2, 0.25) is 0 Å². The van der Waals surface area contributed by atoms with Crippen LogP contribution in [0.2, 0.25) is 0 Å². The average Bonchev–Trinajstić information content (AvgIpc) is 0.817. The Morgan fingerprint density at radius 2 is 0.938 bits per heavy atom. The monoisotopic (exact) mass is 1770 g/mol. The number of ketones is 1. The highest BCUT2D eigenvalue weighted by molar-refractivity contribution is 9.11. The summed E-state index contributed by atoms with van der Waals surface area (Å²) in [5, 5.41) is 17.0. The Bertz CT molecular complexity index is 4310. The third-order valence-electron chi connectivity index (χ3n) is 17.4. The van der Waals surface area contributed by atoms with Crippen molar-refractivity contribution in [3.8, 4) is 46.0 Å². The number of carbonyl (C=O) groups excluding carboxylic acids is 2. The molecule has 0 saturated heterocycles. The number of hydrogen-bond donors (Lipinski definition) is 3. The lowest BCUT2D eigenvalue weighted by Crippen LogP contribution is -2.38. The summed E-state index contributed by atoms with van der Waals surface area (Å²) in [6.07, 6.45) is 0.776. The minimum atomic E-state index is -0.517. The summed E-state index contributed by atoms with van der Waals surface area (Å²) in [6.45, 7) is 20.4. The van der Waals surface area contributed by atoms with Crippen LogP contribution in [0.3, 0.4) is 0 Å².